The third-order valence-corrected chi connectivity index (χ3v) is 4.73. The minimum atomic E-state index is 0.565. The van der Waals surface area contributed by atoms with E-state index in [1.807, 2.05) is 0 Å². The van der Waals surface area contributed by atoms with Crippen molar-refractivity contribution < 1.29 is 4.74 Å². The molecule has 0 spiro atoms. The monoisotopic (exact) mass is 316 g/mol. The molecule has 1 aromatic carbocycles. The third kappa shape index (κ3) is 5.22. The summed E-state index contributed by atoms with van der Waals surface area (Å²) in [6, 6.07) is 8.64. The standard InChI is InChI=1S/C18H28N4O/c19-18(20-12-15-3-1-4-15)21-13-16-5-2-6-17(11-16)14-22-7-9-23-10-8-22/h2,5-6,11,15H,1,3-4,7-10,12-14H2,(H3,19,20,21). The first-order valence-electron chi connectivity index (χ1n) is 8.71. The Kier molecular flexibility index (Phi) is 5.88. The van der Waals surface area contributed by atoms with Crippen molar-refractivity contribution >= 4 is 5.96 Å². The van der Waals surface area contributed by atoms with Crippen molar-refractivity contribution in [3.05, 3.63) is 35.4 Å². The van der Waals surface area contributed by atoms with Gasteiger partial charge in [-0.3, -0.25) is 4.90 Å². The van der Waals surface area contributed by atoms with Crippen molar-refractivity contribution in [3.8, 4) is 0 Å². The molecule has 0 atom stereocenters. The topological polar surface area (TPSA) is 62.9 Å². The van der Waals surface area contributed by atoms with Gasteiger partial charge in [-0.05, 0) is 29.9 Å². The van der Waals surface area contributed by atoms with Crippen molar-refractivity contribution in [2.75, 3.05) is 32.8 Å². The summed E-state index contributed by atoms with van der Waals surface area (Å²) >= 11 is 0. The number of hydrogen-bond donors (Lipinski definition) is 2. The van der Waals surface area contributed by atoms with Crippen molar-refractivity contribution in [1.29, 1.82) is 0 Å². The molecule has 0 unspecified atom stereocenters. The SMILES string of the molecule is NC(=NCc1cccc(CN2CCOCC2)c1)NCC1CCC1. The van der Waals surface area contributed by atoms with E-state index in [1.165, 1.54) is 30.4 Å². The van der Waals surface area contributed by atoms with Crippen LogP contribution in [0, 0.1) is 5.92 Å². The lowest BCUT2D eigenvalue weighted by Gasteiger charge is -2.26. The Morgan fingerprint density at radius 3 is 2.78 bits per heavy atom. The van der Waals surface area contributed by atoms with Gasteiger partial charge in [0, 0.05) is 26.2 Å². The first-order valence-corrected chi connectivity index (χ1v) is 8.71. The molecule has 1 aliphatic carbocycles. The Morgan fingerprint density at radius 2 is 2.04 bits per heavy atom. The lowest BCUT2D eigenvalue weighted by Crippen LogP contribution is -2.37. The van der Waals surface area contributed by atoms with E-state index >= 15 is 0 Å². The van der Waals surface area contributed by atoms with Crippen LogP contribution in [0.4, 0.5) is 0 Å². The predicted molar refractivity (Wildman–Crippen MR) is 93.2 cm³/mol. The molecule has 0 aromatic heterocycles. The summed E-state index contributed by atoms with van der Waals surface area (Å²) in [5.74, 6) is 1.36. The summed E-state index contributed by atoms with van der Waals surface area (Å²) in [5, 5.41) is 3.24. The highest BCUT2D eigenvalue weighted by Gasteiger charge is 2.16. The van der Waals surface area contributed by atoms with Crippen LogP contribution in [0.15, 0.2) is 29.3 Å². The van der Waals surface area contributed by atoms with Gasteiger partial charge in [0.1, 0.15) is 0 Å². The van der Waals surface area contributed by atoms with E-state index in [9.17, 15) is 0 Å². The van der Waals surface area contributed by atoms with E-state index in [-0.39, 0.29) is 0 Å². The van der Waals surface area contributed by atoms with E-state index in [4.69, 9.17) is 10.5 Å². The van der Waals surface area contributed by atoms with Crippen molar-refractivity contribution in [2.45, 2.75) is 32.4 Å². The number of nitrogens with two attached hydrogens (primary N) is 1. The van der Waals surface area contributed by atoms with Crippen molar-refractivity contribution in [1.82, 2.24) is 10.2 Å². The molecule has 3 N–H and O–H groups in total. The average molecular weight is 316 g/mol. The predicted octanol–water partition coefficient (Wildman–Crippen LogP) is 1.72. The fourth-order valence-corrected chi connectivity index (χ4v) is 3.02. The molecule has 5 heteroatoms. The molecule has 3 rings (SSSR count). The number of morpholine rings is 1. The van der Waals surface area contributed by atoms with Gasteiger partial charge in [-0.1, -0.05) is 30.7 Å². The maximum absolute atomic E-state index is 5.95. The van der Waals surface area contributed by atoms with Gasteiger partial charge in [0.05, 0.1) is 19.8 Å². The number of nitrogens with one attached hydrogen (secondary N) is 1. The summed E-state index contributed by atoms with van der Waals surface area (Å²) < 4.78 is 5.40. The zero-order valence-corrected chi connectivity index (χ0v) is 13.8. The van der Waals surface area contributed by atoms with Gasteiger partial charge >= 0.3 is 0 Å². The highest BCUT2D eigenvalue weighted by atomic mass is 16.5. The third-order valence-electron chi connectivity index (χ3n) is 4.73. The van der Waals surface area contributed by atoms with Crippen LogP contribution in [-0.4, -0.2) is 43.7 Å². The van der Waals surface area contributed by atoms with Crippen LogP contribution in [0.25, 0.3) is 0 Å². The molecule has 0 amide bonds. The Labute approximate surface area is 138 Å². The molecule has 1 saturated heterocycles. The van der Waals surface area contributed by atoms with Gasteiger partial charge in [0.2, 0.25) is 0 Å². The Hall–Kier alpha value is -1.59. The maximum Gasteiger partial charge on any atom is 0.188 e. The van der Waals surface area contributed by atoms with Gasteiger partial charge in [-0.25, -0.2) is 4.99 Å². The number of rotatable bonds is 6. The van der Waals surface area contributed by atoms with Gasteiger partial charge < -0.3 is 15.8 Å². The molecule has 1 aromatic rings. The normalized spacial score (nSPS) is 20.3. The number of guanidine groups is 1. The highest BCUT2D eigenvalue weighted by molar-refractivity contribution is 5.77. The molecule has 5 nitrogen and oxygen atoms in total. The van der Waals surface area contributed by atoms with Crippen LogP contribution in [0.5, 0.6) is 0 Å². The zero-order valence-electron chi connectivity index (χ0n) is 13.8. The molecule has 23 heavy (non-hydrogen) atoms. The smallest absolute Gasteiger partial charge is 0.188 e. The minimum absolute atomic E-state index is 0.565. The van der Waals surface area contributed by atoms with Crippen LogP contribution in [-0.2, 0) is 17.8 Å². The Balaban J connectivity index is 1.47. The lowest BCUT2D eigenvalue weighted by molar-refractivity contribution is 0.0342. The summed E-state index contributed by atoms with van der Waals surface area (Å²) in [6.45, 7) is 6.30. The number of aliphatic imine (C=N–C) groups is 1. The second-order valence-corrected chi connectivity index (χ2v) is 6.59. The molecule has 126 valence electrons. The largest absolute Gasteiger partial charge is 0.379 e. The molecule has 2 aliphatic rings. The molecular weight excluding hydrogens is 288 g/mol. The summed E-state index contributed by atoms with van der Waals surface area (Å²) in [7, 11) is 0. The molecule has 0 radical (unpaired) electrons. The first-order chi connectivity index (χ1) is 11.3. The lowest BCUT2D eigenvalue weighted by atomic mass is 9.85. The second-order valence-electron chi connectivity index (χ2n) is 6.59. The van der Waals surface area contributed by atoms with Crippen LogP contribution < -0.4 is 11.1 Å². The fraction of sp³-hybridized carbons (Fsp3) is 0.611. The molecule has 1 saturated carbocycles. The molecular formula is C18H28N4O. The summed E-state index contributed by atoms with van der Waals surface area (Å²) in [6.07, 6.45) is 4.01. The Bertz CT molecular complexity index is 522. The van der Waals surface area contributed by atoms with Gasteiger partial charge in [-0.2, -0.15) is 0 Å². The van der Waals surface area contributed by atoms with E-state index in [0.717, 1.165) is 45.3 Å². The summed E-state index contributed by atoms with van der Waals surface area (Å²) in [4.78, 5) is 6.89. The number of ether oxygens (including phenoxy) is 1. The van der Waals surface area contributed by atoms with Crippen LogP contribution >= 0.6 is 0 Å². The number of nitrogens with zero attached hydrogens (tertiary/aromatic N) is 2. The zero-order chi connectivity index (χ0) is 15.9. The maximum atomic E-state index is 5.95. The molecule has 1 heterocycles. The van der Waals surface area contributed by atoms with Gasteiger partial charge in [0.25, 0.3) is 0 Å². The first kappa shape index (κ1) is 16.3. The molecule has 1 aliphatic heterocycles. The average Bonchev–Trinajstić information content (AvgIpc) is 2.53. The summed E-state index contributed by atoms with van der Waals surface area (Å²) in [5.41, 5.74) is 8.50. The van der Waals surface area contributed by atoms with Crippen molar-refractivity contribution in [3.63, 3.8) is 0 Å². The second kappa shape index (κ2) is 8.31. The Morgan fingerprint density at radius 1 is 1.26 bits per heavy atom. The minimum Gasteiger partial charge on any atom is -0.379 e. The fourth-order valence-electron chi connectivity index (χ4n) is 3.02. The van der Waals surface area contributed by atoms with Crippen LogP contribution in [0.2, 0.25) is 0 Å². The van der Waals surface area contributed by atoms with Crippen LogP contribution in [0.3, 0.4) is 0 Å². The molecule has 0 bridgehead atoms. The van der Waals surface area contributed by atoms with E-state index < -0.39 is 0 Å². The number of benzene rings is 1. The highest BCUT2D eigenvalue weighted by Crippen LogP contribution is 2.24. The molecule has 2 fully saturated rings. The quantitative estimate of drug-likeness (QED) is 0.620. The van der Waals surface area contributed by atoms with Crippen LogP contribution in [0.1, 0.15) is 30.4 Å². The van der Waals surface area contributed by atoms with Gasteiger partial charge in [-0.15, -0.1) is 0 Å². The van der Waals surface area contributed by atoms with E-state index in [2.05, 4.69) is 39.5 Å². The van der Waals surface area contributed by atoms with Crippen molar-refractivity contribution in [2.24, 2.45) is 16.6 Å². The van der Waals surface area contributed by atoms with Gasteiger partial charge in [0.15, 0.2) is 5.96 Å². The number of hydrogen-bond acceptors (Lipinski definition) is 3. The van der Waals surface area contributed by atoms with E-state index in [0.29, 0.717) is 12.5 Å². The van der Waals surface area contributed by atoms with E-state index in [1.54, 1.807) is 0 Å².